The van der Waals surface area contributed by atoms with E-state index in [0.717, 1.165) is 5.56 Å². The van der Waals surface area contributed by atoms with Gasteiger partial charge in [0.15, 0.2) is 11.5 Å². The predicted octanol–water partition coefficient (Wildman–Crippen LogP) is 7.73. The van der Waals surface area contributed by atoms with Crippen LogP contribution in [-0.2, 0) is 16.1 Å². The summed E-state index contributed by atoms with van der Waals surface area (Å²) in [5, 5.41) is 4.83. The Hall–Kier alpha value is -3.95. The van der Waals surface area contributed by atoms with Crippen LogP contribution in [0.25, 0.3) is 17.2 Å². The minimum Gasteiger partial charge on any atom is -0.493 e. The van der Waals surface area contributed by atoms with Crippen molar-refractivity contribution in [3.63, 3.8) is 0 Å². The number of hydrogen-bond acceptors (Lipinski definition) is 6. The van der Waals surface area contributed by atoms with Crippen LogP contribution in [0.3, 0.4) is 0 Å². The summed E-state index contributed by atoms with van der Waals surface area (Å²) < 4.78 is 30.8. The molecule has 3 aromatic carbocycles. The first-order valence-corrected chi connectivity index (χ1v) is 13.6. The number of ether oxygens (including phenoxy) is 3. The molecule has 0 saturated heterocycles. The SMILES string of the molecule is CCOC(=O)c1c(-c2ccc(F)cc2)csc1NC(=O)/C=C/c1cc(Br)c(OCc2ccccc2)c(OC)c1. The number of methoxy groups -OCH3 is 1. The number of carbonyl (C=O) groups is 2. The number of anilines is 1. The molecule has 0 spiro atoms. The summed E-state index contributed by atoms with van der Waals surface area (Å²) in [5.41, 5.74) is 3.13. The molecular weight excluding hydrogens is 585 g/mol. The number of nitrogens with one attached hydrogen (secondary N) is 1. The van der Waals surface area contributed by atoms with E-state index in [1.54, 1.807) is 43.7 Å². The third-order valence-corrected chi connectivity index (χ3v) is 7.05. The van der Waals surface area contributed by atoms with Gasteiger partial charge >= 0.3 is 5.97 Å². The number of carbonyl (C=O) groups excluding carboxylic acids is 2. The van der Waals surface area contributed by atoms with Crippen LogP contribution in [-0.4, -0.2) is 25.6 Å². The lowest BCUT2D eigenvalue weighted by atomic mass is 10.0. The fourth-order valence-electron chi connectivity index (χ4n) is 3.73. The lowest BCUT2D eigenvalue weighted by Gasteiger charge is -2.13. The Balaban J connectivity index is 1.52. The third-order valence-electron chi connectivity index (χ3n) is 5.57. The smallest absolute Gasteiger partial charge is 0.341 e. The van der Waals surface area contributed by atoms with Gasteiger partial charge in [-0.25, -0.2) is 9.18 Å². The Morgan fingerprint density at radius 3 is 2.51 bits per heavy atom. The Morgan fingerprint density at radius 1 is 1.08 bits per heavy atom. The number of hydrogen-bond donors (Lipinski definition) is 1. The summed E-state index contributed by atoms with van der Waals surface area (Å²) in [4.78, 5) is 25.6. The second-order valence-electron chi connectivity index (χ2n) is 8.21. The van der Waals surface area contributed by atoms with Crippen molar-refractivity contribution in [3.8, 4) is 22.6 Å². The zero-order valence-electron chi connectivity index (χ0n) is 21.2. The van der Waals surface area contributed by atoms with Crippen LogP contribution in [0, 0.1) is 5.82 Å². The molecule has 6 nitrogen and oxygen atoms in total. The fraction of sp³-hybridized carbons (Fsp3) is 0.133. The highest BCUT2D eigenvalue weighted by Gasteiger charge is 2.22. The van der Waals surface area contributed by atoms with E-state index < -0.39 is 11.9 Å². The Kier molecular flexibility index (Phi) is 9.51. The van der Waals surface area contributed by atoms with Gasteiger partial charge < -0.3 is 19.5 Å². The van der Waals surface area contributed by atoms with Gasteiger partial charge in [0.05, 0.1) is 18.2 Å². The van der Waals surface area contributed by atoms with Crippen molar-refractivity contribution in [2.75, 3.05) is 19.0 Å². The highest BCUT2D eigenvalue weighted by Crippen LogP contribution is 2.38. The molecule has 0 fully saturated rings. The molecule has 0 radical (unpaired) electrons. The molecular formula is C30H25BrFNO5S. The van der Waals surface area contributed by atoms with Crippen molar-refractivity contribution in [1.82, 2.24) is 0 Å². The van der Waals surface area contributed by atoms with E-state index in [0.29, 0.717) is 44.3 Å². The summed E-state index contributed by atoms with van der Waals surface area (Å²) in [6.07, 6.45) is 2.99. The van der Waals surface area contributed by atoms with Gasteiger partial charge in [0.2, 0.25) is 5.91 Å². The second kappa shape index (κ2) is 13.2. The molecule has 0 bridgehead atoms. The van der Waals surface area contributed by atoms with Crippen molar-refractivity contribution in [1.29, 1.82) is 0 Å². The first-order chi connectivity index (χ1) is 18.9. The predicted molar refractivity (Wildman–Crippen MR) is 155 cm³/mol. The van der Waals surface area contributed by atoms with Crippen molar-refractivity contribution >= 4 is 50.2 Å². The monoisotopic (exact) mass is 609 g/mol. The van der Waals surface area contributed by atoms with E-state index in [1.807, 2.05) is 36.4 Å². The van der Waals surface area contributed by atoms with Crippen LogP contribution in [0.1, 0.15) is 28.4 Å². The zero-order chi connectivity index (χ0) is 27.8. The molecule has 0 atom stereocenters. The number of rotatable bonds is 10. The average molecular weight is 611 g/mol. The van der Waals surface area contributed by atoms with Gasteiger partial charge in [0, 0.05) is 17.0 Å². The van der Waals surface area contributed by atoms with Crippen LogP contribution in [0.5, 0.6) is 11.5 Å². The first kappa shape index (κ1) is 28.1. The van der Waals surface area contributed by atoms with E-state index in [-0.39, 0.29) is 18.0 Å². The summed E-state index contributed by atoms with van der Waals surface area (Å²) in [7, 11) is 1.55. The number of amides is 1. The van der Waals surface area contributed by atoms with E-state index in [1.165, 1.54) is 29.5 Å². The molecule has 4 rings (SSSR count). The summed E-state index contributed by atoms with van der Waals surface area (Å²) in [6, 6.07) is 19.1. The number of esters is 1. The second-order valence-corrected chi connectivity index (χ2v) is 9.95. The fourth-order valence-corrected chi connectivity index (χ4v) is 5.26. The number of halogens is 2. The maximum Gasteiger partial charge on any atom is 0.341 e. The molecule has 1 amide bonds. The summed E-state index contributed by atoms with van der Waals surface area (Å²) in [5.74, 6) is -0.338. The summed E-state index contributed by atoms with van der Waals surface area (Å²) >= 11 is 4.72. The molecule has 1 heterocycles. The molecule has 200 valence electrons. The largest absolute Gasteiger partial charge is 0.493 e. The average Bonchev–Trinajstić information content (AvgIpc) is 3.35. The van der Waals surface area contributed by atoms with E-state index in [9.17, 15) is 14.0 Å². The lowest BCUT2D eigenvalue weighted by molar-refractivity contribution is -0.111. The third kappa shape index (κ3) is 7.13. The minimum atomic E-state index is -0.572. The highest BCUT2D eigenvalue weighted by molar-refractivity contribution is 9.10. The van der Waals surface area contributed by atoms with Crippen molar-refractivity contribution in [3.05, 3.63) is 105 Å². The minimum absolute atomic E-state index is 0.173. The van der Waals surface area contributed by atoms with Crippen molar-refractivity contribution < 1.29 is 28.2 Å². The van der Waals surface area contributed by atoms with Gasteiger partial charge in [-0.2, -0.15) is 0 Å². The van der Waals surface area contributed by atoms with E-state index >= 15 is 0 Å². The molecule has 1 aromatic heterocycles. The van der Waals surface area contributed by atoms with Gasteiger partial charge in [-0.05, 0) is 69.9 Å². The number of benzene rings is 3. The Morgan fingerprint density at radius 2 is 1.82 bits per heavy atom. The quantitative estimate of drug-likeness (QED) is 0.147. The maximum absolute atomic E-state index is 13.4. The van der Waals surface area contributed by atoms with Crippen LogP contribution < -0.4 is 14.8 Å². The molecule has 0 aliphatic heterocycles. The van der Waals surface area contributed by atoms with E-state index in [2.05, 4.69) is 21.2 Å². The lowest BCUT2D eigenvalue weighted by Crippen LogP contribution is -2.12. The normalized spacial score (nSPS) is 10.9. The van der Waals surface area contributed by atoms with Crippen LogP contribution in [0.15, 0.2) is 82.7 Å². The number of thiophene rings is 1. The van der Waals surface area contributed by atoms with Crippen LogP contribution in [0.4, 0.5) is 9.39 Å². The standard InChI is InChI=1S/C30H25BrFNO5S/c1-3-37-30(35)27-23(21-10-12-22(32)13-11-21)18-39-29(27)33-26(34)14-9-20-15-24(31)28(25(16-20)36-2)38-17-19-7-5-4-6-8-19/h4-16,18H,3,17H2,1-2H3,(H,33,34)/b14-9+. The van der Waals surface area contributed by atoms with Gasteiger partial charge in [0.1, 0.15) is 23.0 Å². The topological polar surface area (TPSA) is 73.9 Å². The highest BCUT2D eigenvalue weighted by atomic mass is 79.9. The van der Waals surface area contributed by atoms with Gasteiger partial charge in [0.25, 0.3) is 0 Å². The Bertz CT molecular complexity index is 1490. The van der Waals surface area contributed by atoms with Crippen molar-refractivity contribution in [2.24, 2.45) is 0 Å². The van der Waals surface area contributed by atoms with Gasteiger partial charge in [-0.1, -0.05) is 42.5 Å². The maximum atomic E-state index is 13.4. The van der Waals surface area contributed by atoms with Gasteiger partial charge in [-0.3, -0.25) is 4.79 Å². The molecule has 9 heteroatoms. The molecule has 4 aromatic rings. The molecule has 0 unspecified atom stereocenters. The molecule has 0 saturated carbocycles. The van der Waals surface area contributed by atoms with Crippen molar-refractivity contribution in [2.45, 2.75) is 13.5 Å². The molecule has 0 aliphatic rings. The molecule has 0 aliphatic carbocycles. The first-order valence-electron chi connectivity index (χ1n) is 12.0. The zero-order valence-corrected chi connectivity index (χ0v) is 23.6. The van der Waals surface area contributed by atoms with E-state index in [4.69, 9.17) is 14.2 Å². The van der Waals surface area contributed by atoms with Crippen LogP contribution in [0.2, 0.25) is 0 Å². The van der Waals surface area contributed by atoms with Gasteiger partial charge in [-0.15, -0.1) is 11.3 Å². The Labute approximate surface area is 238 Å². The molecule has 1 N–H and O–H groups in total. The van der Waals surface area contributed by atoms with Crippen LogP contribution >= 0.6 is 27.3 Å². The summed E-state index contributed by atoms with van der Waals surface area (Å²) in [6.45, 7) is 2.25. The molecule has 39 heavy (non-hydrogen) atoms.